The van der Waals surface area contributed by atoms with E-state index in [2.05, 4.69) is 40.3 Å². The van der Waals surface area contributed by atoms with Crippen LogP contribution >= 0.6 is 0 Å². The van der Waals surface area contributed by atoms with Gasteiger partial charge >= 0.3 is 0 Å². The Kier molecular flexibility index (Phi) is 3.49. The highest BCUT2D eigenvalue weighted by Gasteiger charge is 2.60. The molecule has 1 N–H and O–H groups in total. The number of ketones is 1. The molecule has 0 aromatic rings. The highest BCUT2D eigenvalue weighted by atomic mass is 16.3. The number of fused-ring (bicyclic) bond motifs is 3. The Balaban J connectivity index is 2.09. The Morgan fingerprint density at radius 3 is 2.59 bits per heavy atom. The van der Waals surface area contributed by atoms with E-state index in [9.17, 15) is 9.90 Å². The molecule has 0 heterocycles. The molecule has 122 valence electrons. The Morgan fingerprint density at radius 2 is 1.95 bits per heavy atom. The summed E-state index contributed by atoms with van der Waals surface area (Å²) in [5.74, 6) is 0.912. The second kappa shape index (κ2) is 4.80. The molecule has 2 saturated carbocycles. The Bertz CT molecular complexity index is 544. The molecule has 3 aliphatic rings. The average Bonchev–Trinajstić information content (AvgIpc) is 2.47. The fourth-order valence-electron chi connectivity index (χ4n) is 5.56. The molecule has 0 radical (unpaired) electrons. The molecule has 2 fully saturated rings. The topological polar surface area (TPSA) is 37.3 Å². The van der Waals surface area contributed by atoms with Crippen molar-refractivity contribution in [1.82, 2.24) is 0 Å². The van der Waals surface area contributed by atoms with Crippen LogP contribution in [0.3, 0.4) is 0 Å². The van der Waals surface area contributed by atoms with E-state index in [4.69, 9.17) is 0 Å². The first kappa shape index (κ1) is 16.0. The second-order valence-corrected chi connectivity index (χ2v) is 8.94. The van der Waals surface area contributed by atoms with Gasteiger partial charge in [-0.2, -0.15) is 0 Å². The molecule has 0 spiro atoms. The van der Waals surface area contributed by atoms with Crippen molar-refractivity contribution < 1.29 is 9.90 Å². The van der Waals surface area contributed by atoms with Crippen molar-refractivity contribution in [3.8, 4) is 0 Å². The van der Waals surface area contributed by atoms with Crippen LogP contribution in [0.1, 0.15) is 59.8 Å². The first-order valence-electron chi connectivity index (χ1n) is 8.72. The van der Waals surface area contributed by atoms with Crippen molar-refractivity contribution in [3.63, 3.8) is 0 Å². The Labute approximate surface area is 134 Å². The number of Topliss-reactive ketones (excluding diaryl/α,β-unsaturated/α-hetero) is 1. The van der Waals surface area contributed by atoms with Gasteiger partial charge < -0.3 is 5.11 Å². The zero-order chi connectivity index (χ0) is 16.3. The third-order valence-electron chi connectivity index (χ3n) is 7.17. The van der Waals surface area contributed by atoms with Gasteiger partial charge in [-0.05, 0) is 48.5 Å². The molecule has 0 saturated heterocycles. The number of allylic oxidation sites excluding steroid dienone is 2. The van der Waals surface area contributed by atoms with Crippen molar-refractivity contribution in [2.75, 3.05) is 0 Å². The third-order valence-corrected chi connectivity index (χ3v) is 7.17. The van der Waals surface area contributed by atoms with Crippen molar-refractivity contribution in [1.29, 1.82) is 0 Å². The predicted octanol–water partition coefficient (Wildman–Crippen LogP) is 4.29. The van der Waals surface area contributed by atoms with Crippen LogP contribution in [0.4, 0.5) is 0 Å². The number of rotatable bonds is 1. The van der Waals surface area contributed by atoms with Gasteiger partial charge in [-0.3, -0.25) is 4.79 Å². The fourth-order valence-corrected chi connectivity index (χ4v) is 5.56. The highest BCUT2D eigenvalue weighted by molar-refractivity contribution is 5.87. The monoisotopic (exact) mass is 302 g/mol. The standard InChI is InChI=1S/C20H30O2/c1-6-19(4)10-7-14-13(12-19)15(21)11-16-18(2,3)9-8-17(22)20(14,16)5/h6,12,14-16,21H,1,7-11H2,2-5H3/t14?,15-,16-,19-,20+/m0/s1. The molecule has 5 atom stereocenters. The third kappa shape index (κ3) is 2.06. The molecule has 3 rings (SSSR count). The lowest BCUT2D eigenvalue weighted by molar-refractivity contribution is -0.153. The van der Waals surface area contributed by atoms with Crippen molar-refractivity contribution in [2.45, 2.75) is 65.9 Å². The molecule has 3 aliphatic carbocycles. The van der Waals surface area contributed by atoms with Gasteiger partial charge in [0.05, 0.1) is 6.10 Å². The largest absolute Gasteiger partial charge is 0.389 e. The molecule has 22 heavy (non-hydrogen) atoms. The van der Waals surface area contributed by atoms with E-state index in [1.807, 2.05) is 6.08 Å². The van der Waals surface area contributed by atoms with Gasteiger partial charge in [-0.25, -0.2) is 0 Å². The van der Waals surface area contributed by atoms with Crippen LogP contribution < -0.4 is 0 Å². The van der Waals surface area contributed by atoms with Gasteiger partial charge in [0.1, 0.15) is 5.78 Å². The molecule has 2 heteroatoms. The maximum absolute atomic E-state index is 12.9. The predicted molar refractivity (Wildman–Crippen MR) is 89.4 cm³/mol. The number of hydrogen-bond acceptors (Lipinski definition) is 2. The molecule has 2 nitrogen and oxygen atoms in total. The lowest BCUT2D eigenvalue weighted by Crippen LogP contribution is -2.58. The van der Waals surface area contributed by atoms with E-state index in [1.54, 1.807) is 0 Å². The van der Waals surface area contributed by atoms with E-state index < -0.39 is 6.10 Å². The van der Waals surface area contributed by atoms with E-state index >= 15 is 0 Å². The van der Waals surface area contributed by atoms with Crippen LogP contribution in [-0.2, 0) is 4.79 Å². The maximum atomic E-state index is 12.9. The summed E-state index contributed by atoms with van der Waals surface area (Å²) in [4.78, 5) is 12.9. The van der Waals surface area contributed by atoms with Gasteiger partial charge in [0.2, 0.25) is 0 Å². The van der Waals surface area contributed by atoms with Crippen molar-refractivity contribution in [3.05, 3.63) is 24.3 Å². The van der Waals surface area contributed by atoms with Crippen LogP contribution in [0, 0.1) is 28.1 Å². The average molecular weight is 302 g/mol. The SMILES string of the molecule is C=C[C@]1(C)C=C2C(CC1)[C@@]1(C)C(=O)CCC(C)(C)[C@@H]1C[C@@H]2O. The molecular formula is C20H30O2. The molecule has 1 unspecified atom stereocenters. The summed E-state index contributed by atoms with van der Waals surface area (Å²) >= 11 is 0. The van der Waals surface area contributed by atoms with E-state index in [1.165, 1.54) is 0 Å². The van der Waals surface area contributed by atoms with Crippen molar-refractivity contribution in [2.24, 2.45) is 28.1 Å². The number of carbonyl (C=O) groups is 1. The summed E-state index contributed by atoms with van der Waals surface area (Å²) in [7, 11) is 0. The molecule has 0 aromatic carbocycles. The van der Waals surface area contributed by atoms with Crippen LogP contribution in [0.5, 0.6) is 0 Å². The Hall–Kier alpha value is -0.890. The minimum atomic E-state index is -0.396. The summed E-state index contributed by atoms with van der Waals surface area (Å²) in [5.41, 5.74) is 0.908. The fraction of sp³-hybridized carbons (Fsp3) is 0.750. The van der Waals surface area contributed by atoms with Crippen LogP contribution in [-0.4, -0.2) is 17.0 Å². The Morgan fingerprint density at radius 1 is 1.27 bits per heavy atom. The molecular weight excluding hydrogens is 272 g/mol. The minimum absolute atomic E-state index is 0.0385. The molecule has 0 bridgehead atoms. The summed E-state index contributed by atoms with van der Waals surface area (Å²) in [6.07, 6.45) is 8.19. The normalized spacial score (nSPS) is 47.2. The number of hydrogen-bond donors (Lipinski definition) is 1. The number of aliphatic hydroxyl groups excluding tert-OH is 1. The number of aliphatic hydroxyl groups is 1. The summed E-state index contributed by atoms with van der Waals surface area (Å²) < 4.78 is 0. The summed E-state index contributed by atoms with van der Waals surface area (Å²) in [6, 6.07) is 0. The smallest absolute Gasteiger partial charge is 0.139 e. The van der Waals surface area contributed by atoms with Crippen LogP contribution in [0.25, 0.3) is 0 Å². The quantitative estimate of drug-likeness (QED) is 0.734. The van der Waals surface area contributed by atoms with Gasteiger partial charge in [-0.15, -0.1) is 6.58 Å². The highest BCUT2D eigenvalue weighted by Crippen LogP contribution is 2.62. The van der Waals surface area contributed by atoms with Crippen molar-refractivity contribution >= 4 is 5.78 Å². The lowest BCUT2D eigenvalue weighted by atomic mass is 9.44. The van der Waals surface area contributed by atoms with Gasteiger partial charge in [-0.1, -0.05) is 39.8 Å². The zero-order valence-corrected chi connectivity index (χ0v) is 14.5. The zero-order valence-electron chi connectivity index (χ0n) is 14.5. The first-order valence-corrected chi connectivity index (χ1v) is 8.72. The number of carbonyl (C=O) groups excluding carboxylic acids is 1. The van der Waals surface area contributed by atoms with E-state index in [-0.39, 0.29) is 28.1 Å². The van der Waals surface area contributed by atoms with Gasteiger partial charge in [0.25, 0.3) is 0 Å². The second-order valence-electron chi connectivity index (χ2n) is 8.94. The van der Waals surface area contributed by atoms with E-state index in [0.717, 1.165) is 31.3 Å². The van der Waals surface area contributed by atoms with Gasteiger partial charge in [0, 0.05) is 17.3 Å². The molecule has 0 aliphatic heterocycles. The van der Waals surface area contributed by atoms with Gasteiger partial charge in [0.15, 0.2) is 0 Å². The summed E-state index contributed by atoms with van der Waals surface area (Å²) in [6.45, 7) is 12.9. The lowest BCUT2D eigenvalue weighted by Gasteiger charge is -2.59. The maximum Gasteiger partial charge on any atom is 0.139 e. The molecule has 0 aromatic heterocycles. The minimum Gasteiger partial charge on any atom is -0.389 e. The van der Waals surface area contributed by atoms with Crippen LogP contribution in [0.2, 0.25) is 0 Å². The van der Waals surface area contributed by atoms with Crippen LogP contribution in [0.15, 0.2) is 24.3 Å². The first-order chi connectivity index (χ1) is 10.1. The molecule has 0 amide bonds. The summed E-state index contributed by atoms with van der Waals surface area (Å²) in [5, 5.41) is 10.8. The van der Waals surface area contributed by atoms with E-state index in [0.29, 0.717) is 12.2 Å².